The molecule has 0 radical (unpaired) electrons. The van der Waals surface area contributed by atoms with Crippen LogP contribution in [0.4, 0.5) is 10.1 Å². The van der Waals surface area contributed by atoms with Gasteiger partial charge in [0, 0.05) is 6.04 Å². The number of hydrogen-bond acceptors (Lipinski definition) is 2. The predicted octanol–water partition coefficient (Wildman–Crippen LogP) is 2.32. The summed E-state index contributed by atoms with van der Waals surface area (Å²) >= 11 is 0. The fourth-order valence-corrected chi connectivity index (χ4v) is 2.01. The molecule has 1 aliphatic carbocycles. The monoisotopic (exact) mass is 278 g/mol. The number of benzene rings is 1. The zero-order valence-electron chi connectivity index (χ0n) is 11.7. The third-order valence-electron chi connectivity index (χ3n) is 3.60. The number of para-hydroxylation sites is 1. The minimum atomic E-state index is -0.470. The molecule has 0 saturated heterocycles. The summed E-state index contributed by atoms with van der Waals surface area (Å²) in [5.74, 6) is -1.48. The highest BCUT2D eigenvalue weighted by Gasteiger charge is 2.48. The van der Waals surface area contributed by atoms with Gasteiger partial charge in [-0.15, -0.1) is 0 Å². The summed E-state index contributed by atoms with van der Waals surface area (Å²) in [6.45, 7) is 3.91. The van der Waals surface area contributed by atoms with E-state index in [1.54, 1.807) is 12.1 Å². The standard InChI is InChI=1S/C15H19FN2O2/c1-3-9(2)17-14(19)10-8-11(10)15(20)18-13-7-5-4-6-12(13)16/h4-7,9-11H,3,8H2,1-2H3,(H,17,19)(H,18,20). The van der Waals surface area contributed by atoms with E-state index in [9.17, 15) is 14.0 Å². The molecule has 5 heteroatoms. The molecule has 3 atom stereocenters. The third-order valence-corrected chi connectivity index (χ3v) is 3.60. The van der Waals surface area contributed by atoms with Crippen LogP contribution >= 0.6 is 0 Å². The van der Waals surface area contributed by atoms with Crippen LogP contribution in [0.3, 0.4) is 0 Å². The summed E-state index contributed by atoms with van der Waals surface area (Å²) < 4.78 is 13.4. The summed E-state index contributed by atoms with van der Waals surface area (Å²) in [7, 11) is 0. The molecule has 2 amide bonds. The first kappa shape index (κ1) is 14.5. The van der Waals surface area contributed by atoms with Gasteiger partial charge in [-0.1, -0.05) is 19.1 Å². The zero-order valence-corrected chi connectivity index (χ0v) is 11.7. The van der Waals surface area contributed by atoms with Gasteiger partial charge in [-0.3, -0.25) is 9.59 Å². The van der Waals surface area contributed by atoms with Crippen LogP contribution in [0.1, 0.15) is 26.7 Å². The molecule has 1 aromatic rings. The molecule has 20 heavy (non-hydrogen) atoms. The van der Waals surface area contributed by atoms with Gasteiger partial charge in [0.1, 0.15) is 5.82 Å². The van der Waals surface area contributed by atoms with Gasteiger partial charge in [0.2, 0.25) is 11.8 Å². The normalized spacial score (nSPS) is 21.9. The van der Waals surface area contributed by atoms with Crippen LogP contribution < -0.4 is 10.6 Å². The highest BCUT2D eigenvalue weighted by Crippen LogP contribution is 2.39. The van der Waals surface area contributed by atoms with Crippen LogP contribution in [-0.2, 0) is 9.59 Å². The molecule has 3 unspecified atom stereocenters. The zero-order chi connectivity index (χ0) is 14.7. The first-order chi connectivity index (χ1) is 9.52. The number of nitrogens with one attached hydrogen (secondary N) is 2. The van der Waals surface area contributed by atoms with Gasteiger partial charge < -0.3 is 10.6 Å². The maximum atomic E-state index is 13.4. The summed E-state index contributed by atoms with van der Waals surface area (Å²) in [6, 6.07) is 6.11. The van der Waals surface area contributed by atoms with Crippen LogP contribution in [0.25, 0.3) is 0 Å². The van der Waals surface area contributed by atoms with Crippen molar-refractivity contribution in [3.05, 3.63) is 30.1 Å². The summed E-state index contributed by atoms with van der Waals surface area (Å²) in [4.78, 5) is 23.8. The number of anilines is 1. The third kappa shape index (κ3) is 3.35. The van der Waals surface area contributed by atoms with Crippen LogP contribution in [0.2, 0.25) is 0 Å². The smallest absolute Gasteiger partial charge is 0.228 e. The van der Waals surface area contributed by atoms with Gasteiger partial charge in [-0.05, 0) is 31.9 Å². The molecule has 2 N–H and O–H groups in total. The molecule has 4 nitrogen and oxygen atoms in total. The molecule has 0 aromatic heterocycles. The maximum absolute atomic E-state index is 13.4. The second kappa shape index (κ2) is 6.03. The van der Waals surface area contributed by atoms with Gasteiger partial charge >= 0.3 is 0 Å². The van der Waals surface area contributed by atoms with Crippen LogP contribution in [0.15, 0.2) is 24.3 Å². The largest absolute Gasteiger partial charge is 0.353 e. The van der Waals surface area contributed by atoms with Gasteiger partial charge in [0.05, 0.1) is 17.5 Å². The van der Waals surface area contributed by atoms with Gasteiger partial charge in [-0.25, -0.2) is 4.39 Å². The van der Waals surface area contributed by atoms with Crippen molar-refractivity contribution in [2.45, 2.75) is 32.7 Å². The van der Waals surface area contributed by atoms with Crippen molar-refractivity contribution in [3.63, 3.8) is 0 Å². The Balaban J connectivity index is 1.87. The number of carbonyl (C=O) groups is 2. The molecule has 0 heterocycles. The van der Waals surface area contributed by atoms with Gasteiger partial charge in [0.15, 0.2) is 0 Å². The number of hydrogen-bond donors (Lipinski definition) is 2. The highest BCUT2D eigenvalue weighted by molar-refractivity contribution is 5.99. The minimum Gasteiger partial charge on any atom is -0.353 e. The Labute approximate surface area is 117 Å². The topological polar surface area (TPSA) is 58.2 Å². The predicted molar refractivity (Wildman–Crippen MR) is 74.5 cm³/mol. The minimum absolute atomic E-state index is 0.0898. The average molecular weight is 278 g/mol. The Bertz CT molecular complexity index is 518. The maximum Gasteiger partial charge on any atom is 0.228 e. The molecular weight excluding hydrogens is 259 g/mol. The van der Waals surface area contributed by atoms with E-state index in [0.29, 0.717) is 6.42 Å². The molecule has 1 saturated carbocycles. The molecule has 0 spiro atoms. The highest BCUT2D eigenvalue weighted by atomic mass is 19.1. The lowest BCUT2D eigenvalue weighted by atomic mass is 10.2. The lowest BCUT2D eigenvalue weighted by molar-refractivity contribution is -0.125. The molecular formula is C15H19FN2O2. The Kier molecular flexibility index (Phi) is 4.37. The van der Waals surface area contributed by atoms with Gasteiger partial charge in [0.25, 0.3) is 0 Å². The molecule has 1 aliphatic rings. The van der Waals surface area contributed by atoms with Crippen molar-refractivity contribution < 1.29 is 14.0 Å². The van der Waals surface area contributed by atoms with E-state index in [1.807, 2.05) is 13.8 Å². The van der Waals surface area contributed by atoms with Crippen molar-refractivity contribution in [2.24, 2.45) is 11.8 Å². The van der Waals surface area contributed by atoms with E-state index in [0.717, 1.165) is 6.42 Å². The van der Waals surface area contributed by atoms with Gasteiger partial charge in [-0.2, -0.15) is 0 Å². The first-order valence-corrected chi connectivity index (χ1v) is 6.88. The number of halogens is 1. The van der Waals surface area contributed by atoms with Crippen molar-refractivity contribution in [3.8, 4) is 0 Å². The van der Waals surface area contributed by atoms with E-state index >= 15 is 0 Å². The van der Waals surface area contributed by atoms with E-state index < -0.39 is 5.82 Å². The Morgan fingerprint density at radius 3 is 2.60 bits per heavy atom. The van der Waals surface area contributed by atoms with Crippen molar-refractivity contribution in [1.82, 2.24) is 5.32 Å². The Morgan fingerprint density at radius 2 is 1.95 bits per heavy atom. The SMILES string of the molecule is CCC(C)NC(=O)C1CC1C(=O)Nc1ccccc1F. The van der Waals surface area contributed by atoms with Crippen molar-refractivity contribution in [1.29, 1.82) is 0 Å². The van der Waals surface area contributed by atoms with Crippen LogP contribution in [0.5, 0.6) is 0 Å². The fraction of sp³-hybridized carbons (Fsp3) is 0.467. The molecule has 1 aromatic carbocycles. The molecule has 2 rings (SSSR count). The fourth-order valence-electron chi connectivity index (χ4n) is 2.01. The second-order valence-electron chi connectivity index (χ2n) is 5.24. The van der Waals surface area contributed by atoms with Crippen LogP contribution in [-0.4, -0.2) is 17.9 Å². The van der Waals surface area contributed by atoms with Crippen LogP contribution in [0, 0.1) is 17.7 Å². The summed E-state index contributed by atoms with van der Waals surface area (Å²) in [5, 5.41) is 5.39. The summed E-state index contributed by atoms with van der Waals surface area (Å²) in [5.41, 5.74) is 0.158. The Morgan fingerprint density at radius 1 is 1.30 bits per heavy atom. The molecule has 1 fully saturated rings. The lowest BCUT2D eigenvalue weighted by Gasteiger charge is -2.11. The second-order valence-corrected chi connectivity index (χ2v) is 5.24. The first-order valence-electron chi connectivity index (χ1n) is 6.88. The summed E-state index contributed by atoms with van der Waals surface area (Å²) in [6.07, 6.45) is 1.38. The molecule has 0 bridgehead atoms. The van der Waals surface area contributed by atoms with Crippen molar-refractivity contribution in [2.75, 3.05) is 5.32 Å². The van der Waals surface area contributed by atoms with E-state index in [-0.39, 0.29) is 35.4 Å². The molecule has 108 valence electrons. The van der Waals surface area contributed by atoms with E-state index in [4.69, 9.17) is 0 Å². The number of amides is 2. The number of rotatable bonds is 5. The number of carbonyl (C=O) groups excluding carboxylic acids is 2. The average Bonchev–Trinajstić information content (AvgIpc) is 3.21. The Hall–Kier alpha value is -1.91. The molecule has 0 aliphatic heterocycles. The van der Waals surface area contributed by atoms with E-state index in [2.05, 4.69) is 10.6 Å². The lowest BCUT2D eigenvalue weighted by Crippen LogP contribution is -2.34. The van der Waals surface area contributed by atoms with E-state index in [1.165, 1.54) is 12.1 Å². The van der Waals surface area contributed by atoms with Crippen molar-refractivity contribution >= 4 is 17.5 Å². The quantitative estimate of drug-likeness (QED) is 0.868.